The average Bonchev–Trinajstić information content (AvgIpc) is 3.52. The first-order chi connectivity index (χ1) is 14.5. The Morgan fingerprint density at radius 2 is 1.83 bits per heavy atom. The van der Waals surface area contributed by atoms with Gasteiger partial charge in [0.25, 0.3) is 5.56 Å². The van der Waals surface area contributed by atoms with Gasteiger partial charge >= 0.3 is 0 Å². The molecule has 1 saturated carbocycles. The van der Waals surface area contributed by atoms with Gasteiger partial charge in [0, 0.05) is 51.5 Å². The smallest absolute Gasteiger partial charge is 0.265 e. The van der Waals surface area contributed by atoms with Crippen molar-refractivity contribution in [2.75, 3.05) is 30.0 Å². The second-order valence-electron chi connectivity index (χ2n) is 8.09. The minimum Gasteiger partial charge on any atom is -0.481 e. The number of anilines is 2. The van der Waals surface area contributed by atoms with Crippen LogP contribution >= 0.6 is 0 Å². The molecular weight excluding hydrogens is 384 g/mol. The molecule has 0 bridgehead atoms. The Bertz CT molecular complexity index is 1130. The summed E-state index contributed by atoms with van der Waals surface area (Å²) in [5.74, 6) is 2.21. The molecule has 158 valence electrons. The Balaban J connectivity index is 1.37. The molecule has 10 nitrogen and oxygen atoms in total. The monoisotopic (exact) mass is 410 g/mol. The number of hydrogen-bond donors (Lipinski definition) is 0. The van der Waals surface area contributed by atoms with E-state index in [4.69, 9.17) is 4.74 Å². The summed E-state index contributed by atoms with van der Waals surface area (Å²) in [7, 11) is 5.22. The van der Waals surface area contributed by atoms with E-state index in [1.165, 1.54) is 12.8 Å². The second-order valence-corrected chi connectivity index (χ2v) is 8.09. The molecule has 2 aliphatic rings. The van der Waals surface area contributed by atoms with Crippen molar-refractivity contribution in [2.45, 2.75) is 37.8 Å². The minimum absolute atomic E-state index is 0.0575. The fourth-order valence-corrected chi connectivity index (χ4v) is 4.39. The number of rotatable bonds is 5. The zero-order valence-corrected chi connectivity index (χ0v) is 17.5. The molecule has 0 unspecified atom stereocenters. The van der Waals surface area contributed by atoms with Gasteiger partial charge in [0.05, 0.1) is 7.11 Å². The molecule has 0 spiro atoms. The first-order valence-corrected chi connectivity index (χ1v) is 10.3. The van der Waals surface area contributed by atoms with Gasteiger partial charge in [0.2, 0.25) is 11.8 Å². The van der Waals surface area contributed by atoms with Crippen molar-refractivity contribution in [2.24, 2.45) is 14.1 Å². The van der Waals surface area contributed by atoms with E-state index in [1.807, 2.05) is 6.07 Å². The van der Waals surface area contributed by atoms with E-state index in [2.05, 4.69) is 29.9 Å². The summed E-state index contributed by atoms with van der Waals surface area (Å²) in [4.78, 5) is 30.7. The van der Waals surface area contributed by atoms with Crippen LogP contribution in [0.1, 0.15) is 25.7 Å². The Kier molecular flexibility index (Phi) is 4.56. The van der Waals surface area contributed by atoms with Gasteiger partial charge in [-0.1, -0.05) is 0 Å². The molecule has 30 heavy (non-hydrogen) atoms. The number of methoxy groups -OCH3 is 1. The molecule has 0 aromatic carbocycles. The predicted molar refractivity (Wildman–Crippen MR) is 113 cm³/mol. The summed E-state index contributed by atoms with van der Waals surface area (Å²) in [6, 6.07) is 2.85. The quantitative estimate of drug-likeness (QED) is 0.617. The molecule has 0 amide bonds. The van der Waals surface area contributed by atoms with Crippen molar-refractivity contribution in [1.29, 1.82) is 0 Å². The van der Waals surface area contributed by atoms with E-state index in [0.29, 0.717) is 34.9 Å². The minimum atomic E-state index is -0.0575. The molecule has 1 saturated heterocycles. The van der Waals surface area contributed by atoms with Crippen LogP contribution in [0.5, 0.6) is 5.88 Å². The van der Waals surface area contributed by atoms with E-state index in [1.54, 1.807) is 43.0 Å². The molecule has 5 rings (SSSR count). The third-order valence-electron chi connectivity index (χ3n) is 6.03. The fourth-order valence-electron chi connectivity index (χ4n) is 4.39. The first-order valence-electron chi connectivity index (χ1n) is 10.3. The molecule has 0 N–H and O–H groups in total. The van der Waals surface area contributed by atoms with Gasteiger partial charge in [0.1, 0.15) is 17.5 Å². The van der Waals surface area contributed by atoms with Gasteiger partial charge < -0.3 is 14.5 Å². The maximum Gasteiger partial charge on any atom is 0.265 e. The summed E-state index contributed by atoms with van der Waals surface area (Å²) in [6.07, 6.45) is 7.63. The van der Waals surface area contributed by atoms with E-state index in [0.717, 1.165) is 31.7 Å². The van der Waals surface area contributed by atoms with Crippen molar-refractivity contribution in [3.05, 3.63) is 28.9 Å². The maximum atomic E-state index is 12.7. The standard InChI is InChI=1S/C20H26N8O2/c1-25-11-15-18(24-25)23-20(26(2)19(15)29)27-8-6-14(7-9-27)28(13-4-5-13)16-10-17(30-3)22-12-21-16/h10-14H,4-9H2,1-3H3. The molecule has 10 heteroatoms. The van der Waals surface area contributed by atoms with E-state index in [-0.39, 0.29) is 5.56 Å². The van der Waals surface area contributed by atoms with Gasteiger partial charge in [-0.25, -0.2) is 9.97 Å². The van der Waals surface area contributed by atoms with Crippen LogP contribution in [0, 0.1) is 0 Å². The van der Waals surface area contributed by atoms with Crippen LogP contribution in [-0.4, -0.2) is 61.6 Å². The lowest BCUT2D eigenvalue weighted by atomic mass is 10.0. The number of nitrogens with zero attached hydrogens (tertiary/aromatic N) is 8. The topological polar surface area (TPSA) is 94.2 Å². The Labute approximate surface area is 174 Å². The normalized spacial score (nSPS) is 17.5. The summed E-state index contributed by atoms with van der Waals surface area (Å²) < 4.78 is 8.57. The molecule has 1 aliphatic carbocycles. The molecule has 0 atom stereocenters. The van der Waals surface area contributed by atoms with Crippen LogP contribution in [0.25, 0.3) is 11.0 Å². The predicted octanol–water partition coefficient (Wildman–Crippen LogP) is 1.10. The molecular formula is C20H26N8O2. The van der Waals surface area contributed by atoms with E-state index in [9.17, 15) is 4.79 Å². The highest BCUT2D eigenvalue weighted by atomic mass is 16.5. The summed E-state index contributed by atoms with van der Waals surface area (Å²) >= 11 is 0. The average molecular weight is 410 g/mol. The van der Waals surface area contributed by atoms with Gasteiger partial charge in [-0.15, -0.1) is 0 Å². The third kappa shape index (κ3) is 3.25. The van der Waals surface area contributed by atoms with Crippen molar-refractivity contribution in [1.82, 2.24) is 29.3 Å². The number of aromatic nitrogens is 6. The molecule has 4 heterocycles. The summed E-state index contributed by atoms with van der Waals surface area (Å²) in [5, 5.41) is 4.88. The highest BCUT2D eigenvalue weighted by Crippen LogP contribution is 2.36. The lowest BCUT2D eigenvalue weighted by Gasteiger charge is -2.40. The van der Waals surface area contributed by atoms with E-state index >= 15 is 0 Å². The number of hydrogen-bond acceptors (Lipinski definition) is 8. The van der Waals surface area contributed by atoms with Crippen LogP contribution < -0.4 is 20.1 Å². The highest BCUT2D eigenvalue weighted by molar-refractivity contribution is 5.74. The Hall–Kier alpha value is -3.17. The first kappa shape index (κ1) is 18.8. The van der Waals surface area contributed by atoms with Crippen LogP contribution in [0.4, 0.5) is 11.8 Å². The number of aryl methyl sites for hydroxylation is 1. The summed E-state index contributed by atoms with van der Waals surface area (Å²) in [6.45, 7) is 1.66. The van der Waals surface area contributed by atoms with Crippen molar-refractivity contribution in [3.8, 4) is 5.88 Å². The maximum absolute atomic E-state index is 12.7. The highest BCUT2D eigenvalue weighted by Gasteiger charge is 2.37. The SMILES string of the molecule is COc1cc(N(C2CC2)C2CCN(c3nc4nn(C)cc4c(=O)n3C)CC2)ncn1. The number of piperidine rings is 1. The van der Waals surface area contributed by atoms with Gasteiger partial charge in [-0.3, -0.25) is 14.0 Å². The summed E-state index contributed by atoms with van der Waals surface area (Å²) in [5.41, 5.74) is 0.448. The molecule has 0 radical (unpaired) electrons. The lowest BCUT2D eigenvalue weighted by molar-refractivity contribution is 0.395. The van der Waals surface area contributed by atoms with Crippen molar-refractivity contribution in [3.63, 3.8) is 0 Å². The zero-order chi connectivity index (χ0) is 20.8. The zero-order valence-electron chi connectivity index (χ0n) is 17.5. The molecule has 2 fully saturated rings. The molecule has 3 aromatic rings. The van der Waals surface area contributed by atoms with Crippen LogP contribution in [-0.2, 0) is 14.1 Å². The number of ether oxygens (including phenoxy) is 1. The fraction of sp³-hybridized carbons (Fsp3) is 0.550. The Morgan fingerprint density at radius 1 is 1.10 bits per heavy atom. The van der Waals surface area contributed by atoms with Gasteiger partial charge in [-0.05, 0) is 25.7 Å². The largest absolute Gasteiger partial charge is 0.481 e. The lowest BCUT2D eigenvalue weighted by Crippen LogP contribution is -2.47. The van der Waals surface area contributed by atoms with Crippen LogP contribution in [0.15, 0.2) is 23.4 Å². The van der Waals surface area contributed by atoms with Crippen LogP contribution in [0.3, 0.4) is 0 Å². The number of fused-ring (bicyclic) bond motifs is 1. The van der Waals surface area contributed by atoms with E-state index < -0.39 is 0 Å². The molecule has 1 aliphatic heterocycles. The van der Waals surface area contributed by atoms with Gasteiger partial charge in [0.15, 0.2) is 5.65 Å². The van der Waals surface area contributed by atoms with Crippen molar-refractivity contribution >= 4 is 22.8 Å². The molecule has 3 aromatic heterocycles. The third-order valence-corrected chi connectivity index (χ3v) is 6.03. The van der Waals surface area contributed by atoms with Crippen molar-refractivity contribution < 1.29 is 4.74 Å². The van der Waals surface area contributed by atoms with Gasteiger partial charge in [-0.2, -0.15) is 10.1 Å². The van der Waals surface area contributed by atoms with Crippen LogP contribution in [0.2, 0.25) is 0 Å². The second kappa shape index (κ2) is 7.26. The Morgan fingerprint density at radius 3 is 2.53 bits per heavy atom.